The first-order valence-corrected chi connectivity index (χ1v) is 7.33. The van der Waals surface area contributed by atoms with Gasteiger partial charge in [-0.2, -0.15) is 0 Å². The SMILES string of the molecule is CCCCCCCCCN[C@H]1C=CCCC1. The van der Waals surface area contributed by atoms with E-state index in [1.54, 1.807) is 0 Å². The minimum Gasteiger partial charge on any atom is -0.311 e. The Morgan fingerprint density at radius 2 is 1.81 bits per heavy atom. The molecule has 0 heterocycles. The summed E-state index contributed by atoms with van der Waals surface area (Å²) in [6.45, 7) is 3.49. The highest BCUT2D eigenvalue weighted by Crippen LogP contribution is 2.10. The van der Waals surface area contributed by atoms with Crippen molar-refractivity contribution in [2.45, 2.75) is 77.2 Å². The minimum atomic E-state index is 0.675. The molecule has 0 unspecified atom stereocenters. The lowest BCUT2D eigenvalue weighted by Crippen LogP contribution is -2.29. The molecular weight excluding hydrogens is 194 g/mol. The lowest BCUT2D eigenvalue weighted by molar-refractivity contribution is 0.498. The first-order chi connectivity index (χ1) is 7.93. The van der Waals surface area contributed by atoms with Gasteiger partial charge in [0.15, 0.2) is 0 Å². The molecule has 1 N–H and O–H groups in total. The van der Waals surface area contributed by atoms with E-state index in [2.05, 4.69) is 24.4 Å². The summed E-state index contributed by atoms with van der Waals surface area (Å²) in [6, 6.07) is 0.675. The predicted octanol–water partition coefficient (Wildman–Crippen LogP) is 4.44. The van der Waals surface area contributed by atoms with Gasteiger partial charge in [-0.05, 0) is 32.2 Å². The molecule has 1 aliphatic carbocycles. The Balaban J connectivity index is 1.80. The van der Waals surface area contributed by atoms with E-state index in [0.717, 1.165) is 0 Å². The number of rotatable bonds is 9. The lowest BCUT2D eigenvalue weighted by Gasteiger charge is -2.17. The zero-order valence-corrected chi connectivity index (χ0v) is 11.0. The maximum absolute atomic E-state index is 3.64. The summed E-state index contributed by atoms with van der Waals surface area (Å²) in [5.74, 6) is 0. The third kappa shape index (κ3) is 7.05. The monoisotopic (exact) mass is 223 g/mol. The van der Waals surface area contributed by atoms with Crippen molar-refractivity contribution in [2.75, 3.05) is 6.54 Å². The number of unbranched alkanes of at least 4 members (excludes halogenated alkanes) is 6. The molecule has 0 amide bonds. The van der Waals surface area contributed by atoms with Gasteiger partial charge in [0.2, 0.25) is 0 Å². The molecule has 1 atom stereocenters. The van der Waals surface area contributed by atoms with Crippen LogP contribution in [-0.4, -0.2) is 12.6 Å². The van der Waals surface area contributed by atoms with Gasteiger partial charge in [-0.1, -0.05) is 57.6 Å². The van der Waals surface area contributed by atoms with Crippen molar-refractivity contribution in [2.24, 2.45) is 0 Å². The molecule has 1 aliphatic rings. The van der Waals surface area contributed by atoms with Crippen LogP contribution in [0.25, 0.3) is 0 Å². The molecule has 1 rings (SSSR count). The molecule has 1 nitrogen and oxygen atoms in total. The van der Waals surface area contributed by atoms with Crippen LogP contribution >= 0.6 is 0 Å². The standard InChI is InChI=1S/C15H29N/c1-2-3-4-5-6-7-11-14-16-15-12-9-8-10-13-15/h9,12,15-16H,2-8,10-11,13-14H2,1H3/t15-/m0/s1. The highest BCUT2D eigenvalue weighted by Gasteiger charge is 2.05. The van der Waals surface area contributed by atoms with Crippen LogP contribution in [0.2, 0.25) is 0 Å². The van der Waals surface area contributed by atoms with Crippen LogP contribution in [0.5, 0.6) is 0 Å². The van der Waals surface area contributed by atoms with Crippen molar-refractivity contribution < 1.29 is 0 Å². The van der Waals surface area contributed by atoms with Crippen LogP contribution in [-0.2, 0) is 0 Å². The number of hydrogen-bond acceptors (Lipinski definition) is 1. The van der Waals surface area contributed by atoms with Gasteiger partial charge < -0.3 is 5.32 Å². The van der Waals surface area contributed by atoms with Gasteiger partial charge in [0.05, 0.1) is 0 Å². The Bertz CT molecular complexity index is 174. The zero-order chi connectivity index (χ0) is 11.5. The van der Waals surface area contributed by atoms with E-state index in [-0.39, 0.29) is 0 Å². The van der Waals surface area contributed by atoms with Gasteiger partial charge in [-0.15, -0.1) is 0 Å². The second-order valence-corrected chi connectivity index (χ2v) is 5.04. The topological polar surface area (TPSA) is 12.0 Å². The molecule has 0 bridgehead atoms. The second kappa shape index (κ2) is 9.89. The van der Waals surface area contributed by atoms with E-state index in [1.807, 2.05) is 0 Å². The Labute approximate surface area is 102 Å². The fraction of sp³-hybridized carbons (Fsp3) is 0.867. The van der Waals surface area contributed by atoms with Gasteiger partial charge in [0.25, 0.3) is 0 Å². The van der Waals surface area contributed by atoms with Crippen LogP contribution in [0.3, 0.4) is 0 Å². The molecule has 0 aromatic rings. The van der Waals surface area contributed by atoms with Crippen LogP contribution in [0, 0.1) is 0 Å². The van der Waals surface area contributed by atoms with E-state index >= 15 is 0 Å². The van der Waals surface area contributed by atoms with E-state index in [0.29, 0.717) is 6.04 Å². The van der Waals surface area contributed by atoms with E-state index in [1.165, 1.54) is 70.8 Å². The summed E-state index contributed by atoms with van der Waals surface area (Å²) < 4.78 is 0. The predicted molar refractivity (Wildman–Crippen MR) is 72.8 cm³/mol. The molecule has 0 aromatic heterocycles. The highest BCUT2D eigenvalue weighted by atomic mass is 14.9. The van der Waals surface area contributed by atoms with E-state index in [9.17, 15) is 0 Å². The molecule has 1 heteroatoms. The first-order valence-electron chi connectivity index (χ1n) is 7.33. The molecule has 0 aliphatic heterocycles. The molecular formula is C15H29N. The van der Waals surface area contributed by atoms with Crippen molar-refractivity contribution in [3.05, 3.63) is 12.2 Å². The molecule has 0 saturated carbocycles. The summed E-state index contributed by atoms with van der Waals surface area (Å²) in [5.41, 5.74) is 0. The van der Waals surface area contributed by atoms with E-state index in [4.69, 9.17) is 0 Å². The first kappa shape index (κ1) is 13.8. The van der Waals surface area contributed by atoms with Crippen molar-refractivity contribution in [1.82, 2.24) is 5.32 Å². The fourth-order valence-electron chi connectivity index (χ4n) is 2.35. The summed E-state index contributed by atoms with van der Waals surface area (Å²) in [6.07, 6.45) is 18.5. The molecule has 0 spiro atoms. The van der Waals surface area contributed by atoms with Crippen molar-refractivity contribution >= 4 is 0 Å². The third-order valence-electron chi connectivity index (χ3n) is 3.44. The van der Waals surface area contributed by atoms with Gasteiger partial charge in [-0.25, -0.2) is 0 Å². The quantitative estimate of drug-likeness (QED) is 0.450. The fourth-order valence-corrected chi connectivity index (χ4v) is 2.35. The molecule has 0 saturated heterocycles. The smallest absolute Gasteiger partial charge is 0.0250 e. The maximum atomic E-state index is 3.64. The summed E-state index contributed by atoms with van der Waals surface area (Å²) in [5, 5.41) is 3.64. The van der Waals surface area contributed by atoms with E-state index < -0.39 is 0 Å². The highest BCUT2D eigenvalue weighted by molar-refractivity contribution is 4.97. The van der Waals surface area contributed by atoms with Crippen LogP contribution in [0.15, 0.2) is 12.2 Å². The summed E-state index contributed by atoms with van der Waals surface area (Å²) in [4.78, 5) is 0. The average molecular weight is 223 g/mol. The van der Waals surface area contributed by atoms with Crippen molar-refractivity contribution in [3.8, 4) is 0 Å². The number of nitrogens with one attached hydrogen (secondary N) is 1. The van der Waals surface area contributed by atoms with Crippen molar-refractivity contribution in [1.29, 1.82) is 0 Å². The van der Waals surface area contributed by atoms with Gasteiger partial charge in [0.1, 0.15) is 0 Å². The lowest BCUT2D eigenvalue weighted by atomic mass is 10.0. The number of hydrogen-bond donors (Lipinski definition) is 1. The van der Waals surface area contributed by atoms with Gasteiger partial charge >= 0.3 is 0 Å². The van der Waals surface area contributed by atoms with Crippen LogP contribution < -0.4 is 5.32 Å². The third-order valence-corrected chi connectivity index (χ3v) is 3.44. The summed E-state index contributed by atoms with van der Waals surface area (Å²) in [7, 11) is 0. The molecule has 0 radical (unpaired) electrons. The Morgan fingerprint density at radius 1 is 1.06 bits per heavy atom. The Hall–Kier alpha value is -0.300. The average Bonchev–Trinajstić information content (AvgIpc) is 2.34. The van der Waals surface area contributed by atoms with Crippen LogP contribution in [0.1, 0.15) is 71.1 Å². The minimum absolute atomic E-state index is 0.675. The van der Waals surface area contributed by atoms with Gasteiger partial charge in [0, 0.05) is 6.04 Å². The normalized spacial score (nSPS) is 20.2. The maximum Gasteiger partial charge on any atom is 0.0250 e. The van der Waals surface area contributed by atoms with Crippen LogP contribution in [0.4, 0.5) is 0 Å². The molecule has 94 valence electrons. The zero-order valence-electron chi connectivity index (χ0n) is 11.0. The summed E-state index contributed by atoms with van der Waals surface area (Å²) >= 11 is 0. The molecule has 16 heavy (non-hydrogen) atoms. The largest absolute Gasteiger partial charge is 0.311 e. The second-order valence-electron chi connectivity index (χ2n) is 5.04. The Kier molecular flexibility index (Phi) is 8.51. The Morgan fingerprint density at radius 3 is 2.50 bits per heavy atom. The van der Waals surface area contributed by atoms with Gasteiger partial charge in [-0.3, -0.25) is 0 Å². The van der Waals surface area contributed by atoms with Crippen molar-refractivity contribution in [3.63, 3.8) is 0 Å². The molecule has 0 fully saturated rings. The molecule has 0 aromatic carbocycles. The number of allylic oxidation sites excluding steroid dienone is 1.